The molecule has 0 aliphatic heterocycles. The van der Waals surface area contributed by atoms with Gasteiger partial charge in [0.05, 0.1) is 0 Å². The Balaban J connectivity index is 0.00000180. The number of nitrogens with one attached hydrogen (secondary N) is 1. The standard InChI is InChI=1S/C14H21N3O.2ClH/c1-10(17(2)13-7-8-13)9-16-14(18)11-3-5-12(15)6-4-11;;/h3-6,10,13H,7-9,15H2,1-2H3,(H,16,18);2*1H. The fourth-order valence-electron chi connectivity index (χ4n) is 1.96. The van der Waals surface area contributed by atoms with Crippen LogP contribution in [0.15, 0.2) is 24.3 Å². The summed E-state index contributed by atoms with van der Waals surface area (Å²) >= 11 is 0. The lowest BCUT2D eigenvalue weighted by Crippen LogP contribution is -2.41. The quantitative estimate of drug-likeness (QED) is 0.819. The van der Waals surface area contributed by atoms with E-state index in [1.807, 2.05) is 0 Å². The molecule has 20 heavy (non-hydrogen) atoms. The zero-order valence-corrected chi connectivity index (χ0v) is 13.5. The van der Waals surface area contributed by atoms with Gasteiger partial charge in [0, 0.05) is 29.9 Å². The van der Waals surface area contributed by atoms with Crippen molar-refractivity contribution < 1.29 is 4.79 Å². The first kappa shape index (κ1) is 19.0. The molecule has 6 heteroatoms. The molecule has 1 aromatic carbocycles. The molecule has 1 amide bonds. The lowest BCUT2D eigenvalue weighted by molar-refractivity contribution is 0.0939. The van der Waals surface area contributed by atoms with Crippen LogP contribution in [0.3, 0.4) is 0 Å². The molecule has 1 aromatic rings. The Morgan fingerprint density at radius 1 is 1.35 bits per heavy atom. The Bertz CT molecular complexity index is 421. The highest BCUT2D eigenvalue weighted by Gasteiger charge is 2.29. The van der Waals surface area contributed by atoms with Crippen molar-refractivity contribution in [1.82, 2.24) is 10.2 Å². The van der Waals surface area contributed by atoms with E-state index in [0.29, 0.717) is 29.9 Å². The Labute approximate surface area is 132 Å². The van der Waals surface area contributed by atoms with Crippen LogP contribution >= 0.6 is 24.8 Å². The molecule has 0 bridgehead atoms. The van der Waals surface area contributed by atoms with E-state index in [0.717, 1.165) is 0 Å². The van der Waals surface area contributed by atoms with Crippen molar-refractivity contribution in [3.63, 3.8) is 0 Å². The molecule has 1 fully saturated rings. The van der Waals surface area contributed by atoms with Gasteiger partial charge >= 0.3 is 0 Å². The molecular weight excluding hydrogens is 297 g/mol. The van der Waals surface area contributed by atoms with E-state index in [-0.39, 0.29) is 30.7 Å². The molecule has 4 nitrogen and oxygen atoms in total. The van der Waals surface area contributed by atoms with Crippen LogP contribution in [0.2, 0.25) is 0 Å². The van der Waals surface area contributed by atoms with E-state index in [1.165, 1.54) is 12.8 Å². The molecule has 3 N–H and O–H groups in total. The predicted molar refractivity (Wildman–Crippen MR) is 87.9 cm³/mol. The van der Waals surface area contributed by atoms with Crippen LogP contribution in [0.4, 0.5) is 5.69 Å². The summed E-state index contributed by atoms with van der Waals surface area (Å²) in [4.78, 5) is 14.2. The molecule has 1 aliphatic rings. The highest BCUT2D eigenvalue weighted by atomic mass is 35.5. The van der Waals surface area contributed by atoms with Crippen molar-refractivity contribution in [1.29, 1.82) is 0 Å². The van der Waals surface area contributed by atoms with Crippen molar-refractivity contribution in [2.24, 2.45) is 0 Å². The van der Waals surface area contributed by atoms with E-state index in [2.05, 4.69) is 24.2 Å². The fraction of sp³-hybridized carbons (Fsp3) is 0.500. The maximum absolute atomic E-state index is 11.9. The van der Waals surface area contributed by atoms with Crippen LogP contribution in [-0.4, -0.2) is 36.5 Å². The zero-order valence-electron chi connectivity index (χ0n) is 11.8. The zero-order chi connectivity index (χ0) is 13.1. The number of likely N-dealkylation sites (N-methyl/N-ethyl adjacent to an activating group) is 1. The van der Waals surface area contributed by atoms with Crippen LogP contribution in [0.25, 0.3) is 0 Å². The summed E-state index contributed by atoms with van der Waals surface area (Å²) in [6.07, 6.45) is 2.57. The minimum atomic E-state index is -0.0361. The molecule has 0 spiro atoms. The Kier molecular flexibility index (Phi) is 7.94. The third-order valence-electron chi connectivity index (χ3n) is 3.55. The number of nitrogens with two attached hydrogens (primary N) is 1. The van der Waals surface area contributed by atoms with Gasteiger partial charge in [-0.15, -0.1) is 24.8 Å². The normalized spacial score (nSPS) is 14.9. The number of amides is 1. The van der Waals surface area contributed by atoms with Crippen molar-refractivity contribution in [3.05, 3.63) is 29.8 Å². The molecule has 0 radical (unpaired) electrons. The molecule has 0 saturated heterocycles. The molecule has 1 saturated carbocycles. The van der Waals surface area contributed by atoms with Crippen molar-refractivity contribution in [2.45, 2.75) is 31.8 Å². The smallest absolute Gasteiger partial charge is 0.251 e. The lowest BCUT2D eigenvalue weighted by Gasteiger charge is -2.24. The van der Waals surface area contributed by atoms with Gasteiger partial charge < -0.3 is 11.1 Å². The van der Waals surface area contributed by atoms with Crippen molar-refractivity contribution in [3.8, 4) is 0 Å². The van der Waals surface area contributed by atoms with E-state index >= 15 is 0 Å². The maximum Gasteiger partial charge on any atom is 0.251 e. The lowest BCUT2D eigenvalue weighted by atomic mass is 10.2. The average molecular weight is 320 g/mol. The minimum absolute atomic E-state index is 0. The molecular formula is C14H23Cl2N3O. The first-order chi connectivity index (χ1) is 8.58. The molecule has 1 aliphatic carbocycles. The molecule has 114 valence electrons. The fourth-order valence-corrected chi connectivity index (χ4v) is 1.96. The number of hydrogen-bond donors (Lipinski definition) is 2. The summed E-state index contributed by atoms with van der Waals surface area (Å²) in [5, 5.41) is 2.96. The molecule has 1 atom stereocenters. The number of anilines is 1. The minimum Gasteiger partial charge on any atom is -0.399 e. The number of carbonyl (C=O) groups excluding carboxylic acids is 1. The summed E-state index contributed by atoms with van der Waals surface area (Å²) in [5.74, 6) is -0.0361. The Morgan fingerprint density at radius 2 is 1.90 bits per heavy atom. The Morgan fingerprint density at radius 3 is 2.40 bits per heavy atom. The summed E-state index contributed by atoms with van der Waals surface area (Å²) in [7, 11) is 2.12. The number of benzene rings is 1. The number of rotatable bonds is 5. The van der Waals surface area contributed by atoms with Crippen LogP contribution < -0.4 is 11.1 Å². The average Bonchev–Trinajstić information content (AvgIpc) is 3.19. The summed E-state index contributed by atoms with van der Waals surface area (Å²) in [5.41, 5.74) is 6.92. The van der Waals surface area contributed by atoms with Gasteiger partial charge in [-0.3, -0.25) is 9.69 Å². The van der Waals surface area contributed by atoms with Gasteiger partial charge in [0.15, 0.2) is 0 Å². The van der Waals surface area contributed by atoms with Crippen molar-refractivity contribution >= 4 is 36.4 Å². The van der Waals surface area contributed by atoms with E-state index in [4.69, 9.17) is 5.73 Å². The van der Waals surface area contributed by atoms with E-state index in [9.17, 15) is 4.79 Å². The SMILES string of the molecule is CC(CNC(=O)c1ccc(N)cc1)N(C)C1CC1.Cl.Cl. The van der Waals surface area contributed by atoms with Crippen LogP contribution in [0.1, 0.15) is 30.1 Å². The van der Waals surface area contributed by atoms with E-state index < -0.39 is 0 Å². The third-order valence-corrected chi connectivity index (χ3v) is 3.55. The first-order valence-corrected chi connectivity index (χ1v) is 6.43. The van der Waals surface area contributed by atoms with Crippen LogP contribution in [-0.2, 0) is 0 Å². The largest absolute Gasteiger partial charge is 0.399 e. The first-order valence-electron chi connectivity index (χ1n) is 6.43. The van der Waals surface area contributed by atoms with Gasteiger partial charge in [-0.05, 0) is 51.1 Å². The van der Waals surface area contributed by atoms with Gasteiger partial charge in [-0.2, -0.15) is 0 Å². The number of hydrogen-bond acceptors (Lipinski definition) is 3. The highest BCUT2D eigenvalue weighted by Crippen LogP contribution is 2.26. The highest BCUT2D eigenvalue weighted by molar-refractivity contribution is 5.94. The molecule has 0 heterocycles. The number of carbonyl (C=O) groups is 1. The van der Waals surface area contributed by atoms with Crippen LogP contribution in [0, 0.1) is 0 Å². The second-order valence-electron chi connectivity index (χ2n) is 5.08. The number of halogens is 2. The molecule has 2 rings (SSSR count). The van der Waals surface area contributed by atoms with Gasteiger partial charge in [0.25, 0.3) is 5.91 Å². The summed E-state index contributed by atoms with van der Waals surface area (Å²) in [6.45, 7) is 2.82. The van der Waals surface area contributed by atoms with Gasteiger partial charge in [0.1, 0.15) is 0 Å². The molecule has 0 aromatic heterocycles. The van der Waals surface area contributed by atoms with Gasteiger partial charge in [-0.1, -0.05) is 0 Å². The van der Waals surface area contributed by atoms with Gasteiger partial charge in [0.2, 0.25) is 0 Å². The van der Waals surface area contributed by atoms with Gasteiger partial charge in [-0.25, -0.2) is 0 Å². The summed E-state index contributed by atoms with van der Waals surface area (Å²) < 4.78 is 0. The van der Waals surface area contributed by atoms with Crippen molar-refractivity contribution in [2.75, 3.05) is 19.3 Å². The maximum atomic E-state index is 11.9. The topological polar surface area (TPSA) is 58.4 Å². The number of nitrogens with zero attached hydrogens (tertiary/aromatic N) is 1. The number of nitrogen functional groups attached to an aromatic ring is 1. The Hall–Kier alpha value is -0.970. The van der Waals surface area contributed by atoms with E-state index in [1.54, 1.807) is 24.3 Å². The van der Waals surface area contributed by atoms with Crippen LogP contribution in [0.5, 0.6) is 0 Å². The second-order valence-corrected chi connectivity index (χ2v) is 5.08. The predicted octanol–water partition coefficient (Wildman–Crippen LogP) is 2.32. The summed E-state index contributed by atoms with van der Waals surface area (Å²) in [6, 6.07) is 8.08. The third kappa shape index (κ3) is 5.19. The second kappa shape index (κ2) is 8.35. The molecule has 1 unspecified atom stereocenters. The monoisotopic (exact) mass is 319 g/mol.